The first-order valence-electron chi connectivity index (χ1n) is 6.67. The molecule has 0 amide bonds. The van der Waals surface area contributed by atoms with Gasteiger partial charge in [0.1, 0.15) is 11.5 Å². The van der Waals surface area contributed by atoms with Crippen molar-refractivity contribution in [2.75, 3.05) is 20.8 Å². The normalized spacial score (nSPS) is 19.3. The van der Waals surface area contributed by atoms with Gasteiger partial charge in [-0.15, -0.1) is 0 Å². The van der Waals surface area contributed by atoms with Crippen molar-refractivity contribution < 1.29 is 9.47 Å². The molecular weight excluding hydrogens is 226 g/mol. The van der Waals surface area contributed by atoms with Crippen LogP contribution in [0.25, 0.3) is 0 Å². The number of benzene rings is 1. The number of ether oxygens (including phenoxy) is 2. The summed E-state index contributed by atoms with van der Waals surface area (Å²) in [6.45, 7) is 5.44. The number of rotatable bonds is 4. The van der Waals surface area contributed by atoms with Crippen LogP contribution in [0.1, 0.15) is 49.8 Å². The molecule has 0 radical (unpaired) electrons. The van der Waals surface area contributed by atoms with Crippen LogP contribution in [0, 0.1) is 0 Å². The number of hydrogen-bond donors (Lipinski definition) is 1. The monoisotopic (exact) mass is 249 g/mol. The molecule has 3 nitrogen and oxygen atoms in total. The van der Waals surface area contributed by atoms with Gasteiger partial charge in [0.15, 0.2) is 0 Å². The van der Waals surface area contributed by atoms with Gasteiger partial charge in [-0.2, -0.15) is 0 Å². The molecule has 1 aromatic carbocycles. The predicted molar refractivity (Wildman–Crippen MR) is 73.6 cm³/mol. The zero-order valence-corrected chi connectivity index (χ0v) is 11.7. The van der Waals surface area contributed by atoms with Gasteiger partial charge in [0.05, 0.1) is 14.2 Å². The van der Waals surface area contributed by atoms with E-state index in [9.17, 15) is 0 Å². The van der Waals surface area contributed by atoms with Crippen molar-refractivity contribution in [1.82, 2.24) is 5.32 Å². The van der Waals surface area contributed by atoms with Crippen molar-refractivity contribution in [1.29, 1.82) is 0 Å². The average molecular weight is 249 g/mol. The van der Waals surface area contributed by atoms with Crippen LogP contribution in [0.2, 0.25) is 0 Å². The molecule has 3 heteroatoms. The summed E-state index contributed by atoms with van der Waals surface area (Å²) in [5, 5.41) is 3.53. The van der Waals surface area contributed by atoms with Crippen molar-refractivity contribution in [3.63, 3.8) is 0 Å². The maximum absolute atomic E-state index is 5.67. The fraction of sp³-hybridized carbons (Fsp3) is 0.600. The zero-order valence-electron chi connectivity index (χ0n) is 11.7. The van der Waals surface area contributed by atoms with Gasteiger partial charge in [-0.3, -0.25) is 0 Å². The summed E-state index contributed by atoms with van der Waals surface area (Å²) in [4.78, 5) is 0. The molecule has 0 aliphatic carbocycles. The molecule has 0 spiro atoms. The van der Waals surface area contributed by atoms with E-state index in [2.05, 4.69) is 31.3 Å². The summed E-state index contributed by atoms with van der Waals surface area (Å²) in [7, 11) is 3.47. The van der Waals surface area contributed by atoms with E-state index in [0.29, 0.717) is 12.0 Å². The van der Waals surface area contributed by atoms with Crippen LogP contribution in [0.4, 0.5) is 0 Å². The lowest BCUT2D eigenvalue weighted by molar-refractivity contribution is 0.375. The summed E-state index contributed by atoms with van der Waals surface area (Å²) in [6, 6.07) is 4.61. The Kier molecular flexibility index (Phi) is 4.12. The van der Waals surface area contributed by atoms with Gasteiger partial charge in [-0.25, -0.2) is 0 Å². The summed E-state index contributed by atoms with van der Waals surface area (Å²) in [5.41, 5.74) is 2.44. The maximum atomic E-state index is 5.67. The van der Waals surface area contributed by atoms with E-state index in [1.165, 1.54) is 24.0 Å². The molecule has 1 fully saturated rings. The van der Waals surface area contributed by atoms with Gasteiger partial charge in [-0.1, -0.05) is 19.9 Å². The highest BCUT2D eigenvalue weighted by Crippen LogP contribution is 2.41. The molecule has 0 saturated carbocycles. The molecule has 1 unspecified atom stereocenters. The molecular formula is C15H23NO2. The quantitative estimate of drug-likeness (QED) is 0.888. The van der Waals surface area contributed by atoms with Crippen LogP contribution >= 0.6 is 0 Å². The number of nitrogens with one attached hydrogen (secondary N) is 1. The molecule has 1 N–H and O–H groups in total. The molecule has 100 valence electrons. The lowest BCUT2D eigenvalue weighted by atomic mass is 9.94. The smallest absolute Gasteiger partial charge is 0.130 e. The molecule has 18 heavy (non-hydrogen) atoms. The summed E-state index contributed by atoms with van der Waals surface area (Å²) in [6.07, 6.45) is 2.41. The molecule has 1 heterocycles. The molecule has 0 bridgehead atoms. The lowest BCUT2D eigenvalue weighted by Crippen LogP contribution is -2.15. The molecule has 1 aliphatic heterocycles. The van der Waals surface area contributed by atoms with Gasteiger partial charge in [0.2, 0.25) is 0 Å². The second-order valence-electron chi connectivity index (χ2n) is 5.11. The first-order chi connectivity index (χ1) is 8.69. The molecule has 0 aromatic heterocycles. The van der Waals surface area contributed by atoms with Gasteiger partial charge < -0.3 is 14.8 Å². The van der Waals surface area contributed by atoms with E-state index in [4.69, 9.17) is 9.47 Å². The van der Waals surface area contributed by atoms with Crippen molar-refractivity contribution in [2.45, 2.75) is 38.6 Å². The van der Waals surface area contributed by atoms with Crippen molar-refractivity contribution in [2.24, 2.45) is 0 Å². The Hall–Kier alpha value is -1.22. The SMILES string of the molecule is COc1ccc(C2CCCN2)c(OC)c1C(C)C. The largest absolute Gasteiger partial charge is 0.496 e. The van der Waals surface area contributed by atoms with Crippen LogP contribution in [-0.2, 0) is 0 Å². The second-order valence-corrected chi connectivity index (χ2v) is 5.11. The summed E-state index contributed by atoms with van der Waals surface area (Å²) >= 11 is 0. The minimum absolute atomic E-state index is 0.385. The maximum Gasteiger partial charge on any atom is 0.130 e. The van der Waals surface area contributed by atoms with Crippen LogP contribution in [0.15, 0.2) is 12.1 Å². The van der Waals surface area contributed by atoms with E-state index >= 15 is 0 Å². The van der Waals surface area contributed by atoms with Crippen LogP contribution < -0.4 is 14.8 Å². The predicted octanol–water partition coefficient (Wildman–Crippen LogP) is 3.25. The highest BCUT2D eigenvalue weighted by molar-refractivity contribution is 5.53. The van der Waals surface area contributed by atoms with Gasteiger partial charge in [-0.05, 0) is 31.4 Å². The number of hydrogen-bond acceptors (Lipinski definition) is 3. The van der Waals surface area contributed by atoms with E-state index < -0.39 is 0 Å². The third-order valence-electron chi connectivity index (χ3n) is 3.62. The number of methoxy groups -OCH3 is 2. The van der Waals surface area contributed by atoms with Crippen LogP contribution in [0.5, 0.6) is 11.5 Å². The van der Waals surface area contributed by atoms with Crippen molar-refractivity contribution >= 4 is 0 Å². The van der Waals surface area contributed by atoms with Crippen LogP contribution in [-0.4, -0.2) is 20.8 Å². The van der Waals surface area contributed by atoms with E-state index in [1.807, 2.05) is 0 Å². The Morgan fingerprint density at radius 3 is 2.50 bits per heavy atom. The van der Waals surface area contributed by atoms with Crippen molar-refractivity contribution in [3.05, 3.63) is 23.3 Å². The Morgan fingerprint density at radius 2 is 2.00 bits per heavy atom. The first-order valence-corrected chi connectivity index (χ1v) is 6.67. The topological polar surface area (TPSA) is 30.5 Å². The molecule has 1 aromatic rings. The third-order valence-corrected chi connectivity index (χ3v) is 3.62. The first kappa shape index (κ1) is 13.2. The van der Waals surface area contributed by atoms with Crippen LogP contribution in [0.3, 0.4) is 0 Å². The van der Waals surface area contributed by atoms with E-state index in [-0.39, 0.29) is 0 Å². The molecule has 1 aliphatic rings. The van der Waals surface area contributed by atoms with Gasteiger partial charge >= 0.3 is 0 Å². The van der Waals surface area contributed by atoms with Crippen molar-refractivity contribution in [3.8, 4) is 11.5 Å². The Bertz CT molecular complexity index is 409. The minimum Gasteiger partial charge on any atom is -0.496 e. The fourth-order valence-electron chi connectivity index (χ4n) is 2.78. The highest BCUT2D eigenvalue weighted by Gasteiger charge is 2.24. The lowest BCUT2D eigenvalue weighted by Gasteiger charge is -2.22. The molecule has 2 rings (SSSR count). The Balaban J connectivity index is 2.50. The van der Waals surface area contributed by atoms with E-state index in [1.54, 1.807) is 14.2 Å². The highest BCUT2D eigenvalue weighted by atomic mass is 16.5. The third kappa shape index (κ3) is 2.32. The molecule has 1 saturated heterocycles. The fourth-order valence-corrected chi connectivity index (χ4v) is 2.78. The van der Waals surface area contributed by atoms with Gasteiger partial charge in [0.25, 0.3) is 0 Å². The zero-order chi connectivity index (χ0) is 13.1. The standard InChI is InChI=1S/C15H23NO2/c1-10(2)14-13(17-3)8-7-11(15(14)18-4)12-6-5-9-16-12/h7-8,10,12,16H,5-6,9H2,1-4H3. The van der Waals surface area contributed by atoms with Gasteiger partial charge in [0, 0.05) is 17.2 Å². The molecule has 1 atom stereocenters. The Morgan fingerprint density at radius 1 is 1.22 bits per heavy atom. The summed E-state index contributed by atoms with van der Waals surface area (Å²) < 4.78 is 11.1. The Labute approximate surface area is 109 Å². The average Bonchev–Trinajstić information content (AvgIpc) is 2.90. The van der Waals surface area contributed by atoms with E-state index in [0.717, 1.165) is 18.0 Å². The summed E-state index contributed by atoms with van der Waals surface area (Å²) in [5.74, 6) is 2.30. The second kappa shape index (κ2) is 5.61. The minimum atomic E-state index is 0.385.